The van der Waals surface area contributed by atoms with E-state index in [1.807, 2.05) is 0 Å². The monoisotopic (exact) mass is 905 g/mol. The van der Waals surface area contributed by atoms with Crippen molar-refractivity contribution < 1.29 is 28.6 Å². The van der Waals surface area contributed by atoms with Gasteiger partial charge in [0.25, 0.3) is 0 Å². The van der Waals surface area contributed by atoms with E-state index >= 15 is 0 Å². The highest BCUT2D eigenvalue weighted by atomic mass is 16.6. The summed E-state index contributed by atoms with van der Waals surface area (Å²) in [6, 6.07) is 0. The average molecular weight is 905 g/mol. The fraction of sp³-hybridized carbons (Fsp3) is 0.712. The van der Waals surface area contributed by atoms with E-state index in [-0.39, 0.29) is 31.1 Å². The molecule has 6 nitrogen and oxygen atoms in total. The molecule has 1 atom stereocenters. The molecule has 0 radical (unpaired) electrons. The maximum atomic E-state index is 12.8. The Bertz CT molecular complexity index is 1270. The maximum absolute atomic E-state index is 12.8. The van der Waals surface area contributed by atoms with Crippen LogP contribution in [0.1, 0.15) is 252 Å². The zero-order chi connectivity index (χ0) is 47.2. The Hall–Kier alpha value is -3.41. The number of carbonyl (C=O) groups excluding carboxylic acids is 3. The third-order valence-electron chi connectivity index (χ3n) is 11.4. The summed E-state index contributed by atoms with van der Waals surface area (Å²) in [5.41, 5.74) is 0. The molecule has 0 bridgehead atoms. The Morgan fingerprint density at radius 2 is 0.600 bits per heavy atom. The second kappa shape index (κ2) is 53.2. The highest BCUT2D eigenvalue weighted by molar-refractivity contribution is 5.71. The van der Waals surface area contributed by atoms with E-state index < -0.39 is 6.10 Å². The summed E-state index contributed by atoms with van der Waals surface area (Å²) in [5.74, 6) is -0.958. The smallest absolute Gasteiger partial charge is 0.306 e. The molecule has 6 heteroatoms. The summed E-state index contributed by atoms with van der Waals surface area (Å²) in [5, 5.41) is 0. The van der Waals surface area contributed by atoms with Crippen LogP contribution in [0.2, 0.25) is 0 Å². The van der Waals surface area contributed by atoms with Gasteiger partial charge in [-0.15, -0.1) is 0 Å². The van der Waals surface area contributed by atoms with Crippen molar-refractivity contribution in [3.63, 3.8) is 0 Å². The molecule has 65 heavy (non-hydrogen) atoms. The zero-order valence-electron chi connectivity index (χ0n) is 42.5. The van der Waals surface area contributed by atoms with E-state index in [1.54, 1.807) is 0 Å². The van der Waals surface area contributed by atoms with Crippen LogP contribution in [0.25, 0.3) is 0 Å². The number of ether oxygens (including phenoxy) is 3. The normalized spacial score (nSPS) is 12.7. The van der Waals surface area contributed by atoms with Crippen molar-refractivity contribution in [1.82, 2.24) is 0 Å². The quantitative estimate of drug-likeness (QED) is 0.0262. The van der Waals surface area contributed by atoms with Crippen LogP contribution in [0.3, 0.4) is 0 Å². The highest BCUT2D eigenvalue weighted by Crippen LogP contribution is 2.15. The number of esters is 3. The molecule has 0 aliphatic rings. The van der Waals surface area contributed by atoms with E-state index in [1.165, 1.54) is 103 Å². The fourth-order valence-corrected chi connectivity index (χ4v) is 7.32. The molecule has 0 saturated carbocycles. The molecular formula is C59H100O6. The van der Waals surface area contributed by atoms with Gasteiger partial charge >= 0.3 is 17.9 Å². The predicted octanol–water partition coefficient (Wildman–Crippen LogP) is 18.0. The SMILES string of the molecule is CC/C=C\C/C=C\C/C=C\C/C=C\CCCCCCC(=O)O[C@H](COC(=O)CCCC/C=C\C/C=C\C/C=C\CCCCC)COC(=O)CCCCCCCCCCCCCCCCC. The molecule has 0 rings (SSSR count). The molecule has 0 fully saturated rings. The number of hydrogen-bond acceptors (Lipinski definition) is 6. The van der Waals surface area contributed by atoms with Crippen LogP contribution in [-0.2, 0) is 28.6 Å². The molecule has 0 aliphatic carbocycles. The lowest BCUT2D eigenvalue weighted by atomic mass is 10.0. The minimum atomic E-state index is -0.804. The Balaban J connectivity index is 4.49. The maximum Gasteiger partial charge on any atom is 0.306 e. The Kier molecular flexibility index (Phi) is 50.4. The number of hydrogen-bond donors (Lipinski definition) is 0. The first kappa shape index (κ1) is 61.6. The predicted molar refractivity (Wildman–Crippen MR) is 279 cm³/mol. The number of rotatable bonds is 48. The van der Waals surface area contributed by atoms with E-state index in [9.17, 15) is 14.4 Å². The van der Waals surface area contributed by atoms with Crippen LogP contribution in [0, 0.1) is 0 Å². The van der Waals surface area contributed by atoms with Crippen molar-refractivity contribution in [3.05, 3.63) is 85.1 Å². The van der Waals surface area contributed by atoms with Crippen LogP contribution in [0.5, 0.6) is 0 Å². The van der Waals surface area contributed by atoms with Crippen molar-refractivity contribution in [2.45, 2.75) is 258 Å². The van der Waals surface area contributed by atoms with Gasteiger partial charge in [-0.25, -0.2) is 0 Å². The average Bonchev–Trinajstić information content (AvgIpc) is 3.30. The van der Waals surface area contributed by atoms with Crippen LogP contribution in [-0.4, -0.2) is 37.2 Å². The van der Waals surface area contributed by atoms with E-state index in [2.05, 4.69) is 106 Å². The van der Waals surface area contributed by atoms with Gasteiger partial charge in [0.15, 0.2) is 6.10 Å². The van der Waals surface area contributed by atoms with Gasteiger partial charge in [-0.1, -0.05) is 221 Å². The Morgan fingerprint density at radius 1 is 0.323 bits per heavy atom. The number of unbranched alkanes of at least 4 members (excludes halogenated alkanes) is 23. The van der Waals surface area contributed by atoms with Crippen molar-refractivity contribution >= 4 is 17.9 Å². The Labute approximate surface area is 401 Å². The first-order valence-corrected chi connectivity index (χ1v) is 27.1. The van der Waals surface area contributed by atoms with Crippen LogP contribution >= 0.6 is 0 Å². The first-order chi connectivity index (χ1) is 32.0. The molecule has 0 unspecified atom stereocenters. The summed E-state index contributed by atoms with van der Waals surface area (Å²) in [6.45, 7) is 6.45. The van der Waals surface area contributed by atoms with Crippen molar-refractivity contribution in [1.29, 1.82) is 0 Å². The van der Waals surface area contributed by atoms with Gasteiger partial charge in [0.2, 0.25) is 0 Å². The van der Waals surface area contributed by atoms with Crippen LogP contribution in [0.4, 0.5) is 0 Å². The summed E-state index contributed by atoms with van der Waals surface area (Å²) in [6.07, 6.45) is 68.5. The standard InChI is InChI=1S/C59H100O6/c1-4-7-10-13-16-19-22-25-28-29-32-35-38-41-44-47-50-53-59(62)65-56(54-63-57(60)51-48-45-42-39-36-33-30-26-23-20-17-14-11-8-5-2)55-64-58(61)52-49-46-43-40-37-34-31-27-24-21-18-15-12-9-6-3/h7,10,16-17,19-20,25-26,28,30,32,35-36,39,56H,4-6,8-9,11-15,18,21-24,27,29,31,33-34,37-38,40-55H2,1-3H3/b10-7-,19-16-,20-17-,28-25-,30-26-,35-32-,39-36-/t56-/m1/s1. The molecule has 0 spiro atoms. The van der Waals surface area contributed by atoms with Gasteiger partial charge < -0.3 is 14.2 Å². The zero-order valence-corrected chi connectivity index (χ0v) is 42.5. The largest absolute Gasteiger partial charge is 0.462 e. The van der Waals surface area contributed by atoms with Crippen molar-refractivity contribution in [3.8, 4) is 0 Å². The lowest BCUT2D eigenvalue weighted by Gasteiger charge is -2.18. The van der Waals surface area contributed by atoms with Crippen molar-refractivity contribution in [2.75, 3.05) is 13.2 Å². The second-order valence-electron chi connectivity index (χ2n) is 17.8. The molecule has 0 aromatic carbocycles. The molecule has 372 valence electrons. The van der Waals surface area contributed by atoms with E-state index in [0.29, 0.717) is 19.3 Å². The van der Waals surface area contributed by atoms with Gasteiger partial charge in [-0.3, -0.25) is 14.4 Å². The second-order valence-corrected chi connectivity index (χ2v) is 17.8. The molecule has 0 N–H and O–H groups in total. The third kappa shape index (κ3) is 51.4. The van der Waals surface area contributed by atoms with Crippen LogP contribution in [0.15, 0.2) is 85.1 Å². The third-order valence-corrected chi connectivity index (χ3v) is 11.4. The van der Waals surface area contributed by atoms with Gasteiger partial charge in [0.05, 0.1) is 0 Å². The molecule has 0 aromatic rings. The van der Waals surface area contributed by atoms with Gasteiger partial charge in [-0.2, -0.15) is 0 Å². The van der Waals surface area contributed by atoms with Crippen molar-refractivity contribution in [2.24, 2.45) is 0 Å². The van der Waals surface area contributed by atoms with E-state index in [4.69, 9.17) is 14.2 Å². The summed E-state index contributed by atoms with van der Waals surface area (Å²) < 4.78 is 16.8. The Morgan fingerprint density at radius 3 is 1.00 bits per heavy atom. The molecule has 0 aromatic heterocycles. The minimum Gasteiger partial charge on any atom is -0.462 e. The number of carbonyl (C=O) groups is 3. The van der Waals surface area contributed by atoms with Gasteiger partial charge in [0.1, 0.15) is 13.2 Å². The molecular weight excluding hydrogens is 805 g/mol. The molecule has 0 saturated heterocycles. The molecule has 0 aliphatic heterocycles. The van der Waals surface area contributed by atoms with E-state index in [0.717, 1.165) is 109 Å². The summed E-state index contributed by atoms with van der Waals surface area (Å²) in [4.78, 5) is 38.0. The minimum absolute atomic E-state index is 0.0973. The molecule has 0 heterocycles. The lowest BCUT2D eigenvalue weighted by molar-refractivity contribution is -0.167. The highest BCUT2D eigenvalue weighted by Gasteiger charge is 2.19. The first-order valence-electron chi connectivity index (χ1n) is 27.1. The van der Waals surface area contributed by atoms with Crippen LogP contribution < -0.4 is 0 Å². The topological polar surface area (TPSA) is 78.9 Å². The number of allylic oxidation sites excluding steroid dienone is 14. The lowest BCUT2D eigenvalue weighted by Crippen LogP contribution is -2.30. The van der Waals surface area contributed by atoms with Gasteiger partial charge in [-0.05, 0) is 96.3 Å². The molecule has 0 amide bonds. The summed E-state index contributed by atoms with van der Waals surface area (Å²) >= 11 is 0. The van der Waals surface area contributed by atoms with Gasteiger partial charge in [0, 0.05) is 19.3 Å². The fourth-order valence-electron chi connectivity index (χ4n) is 7.32. The summed E-state index contributed by atoms with van der Waals surface area (Å²) in [7, 11) is 0.